The maximum atomic E-state index is 12.1. The van der Waals surface area contributed by atoms with Gasteiger partial charge in [-0.3, -0.25) is 4.79 Å². The summed E-state index contributed by atoms with van der Waals surface area (Å²) >= 11 is 7.25. The fourth-order valence-corrected chi connectivity index (χ4v) is 2.93. The summed E-state index contributed by atoms with van der Waals surface area (Å²) in [6, 6.07) is 11.8. The number of carbonyl (C=O) groups excluding carboxylic acids is 1. The van der Waals surface area contributed by atoms with Crippen LogP contribution in [0.1, 0.15) is 33.5 Å². The number of hydrogen-bond acceptors (Lipinski definition) is 2. The molecule has 20 heavy (non-hydrogen) atoms. The lowest BCUT2D eigenvalue weighted by Crippen LogP contribution is -2.10. The van der Waals surface area contributed by atoms with Crippen LogP contribution in [0.2, 0.25) is 0 Å². The molecule has 0 unspecified atom stereocenters. The van der Waals surface area contributed by atoms with E-state index in [0.717, 1.165) is 29.8 Å². The quantitative estimate of drug-likeness (QED) is 0.768. The second-order valence-corrected chi connectivity index (χ2v) is 6.11. The van der Waals surface area contributed by atoms with Gasteiger partial charge in [0.2, 0.25) is 0 Å². The van der Waals surface area contributed by atoms with E-state index in [1.807, 2.05) is 30.3 Å². The minimum Gasteiger partial charge on any atom is -0.321 e. The monoisotopic (exact) mass is 307 g/mol. The second-order valence-electron chi connectivity index (χ2n) is 4.57. The highest BCUT2D eigenvalue weighted by molar-refractivity contribution is 7.14. The molecule has 0 atom stereocenters. The highest BCUT2D eigenvalue weighted by atomic mass is 35.5. The zero-order valence-electron chi connectivity index (χ0n) is 11.5. The normalized spacial score (nSPS) is 10.5. The van der Waals surface area contributed by atoms with Crippen molar-refractivity contribution < 1.29 is 4.79 Å². The van der Waals surface area contributed by atoms with Crippen molar-refractivity contribution >= 4 is 34.5 Å². The van der Waals surface area contributed by atoms with Crippen LogP contribution in [0, 0.1) is 0 Å². The van der Waals surface area contributed by atoms with E-state index in [0.29, 0.717) is 5.88 Å². The summed E-state index contributed by atoms with van der Waals surface area (Å²) in [5.41, 5.74) is 2.04. The molecule has 2 rings (SSSR count). The third kappa shape index (κ3) is 4.09. The van der Waals surface area contributed by atoms with Crippen LogP contribution in [0.15, 0.2) is 36.4 Å². The van der Waals surface area contributed by atoms with Crippen molar-refractivity contribution in [3.63, 3.8) is 0 Å². The molecule has 0 aliphatic carbocycles. The number of amides is 1. The minimum absolute atomic E-state index is 0.0378. The average molecular weight is 308 g/mol. The molecule has 1 aromatic carbocycles. The predicted octanol–water partition coefficient (Wildman–Crippen LogP) is 4.73. The van der Waals surface area contributed by atoms with E-state index in [4.69, 9.17) is 11.6 Å². The molecule has 1 N–H and O–H groups in total. The Bertz CT molecular complexity index is 579. The molecule has 1 amide bonds. The summed E-state index contributed by atoms with van der Waals surface area (Å²) < 4.78 is 0. The molecule has 0 fully saturated rings. The van der Waals surface area contributed by atoms with Gasteiger partial charge in [0.15, 0.2) is 0 Å². The van der Waals surface area contributed by atoms with Crippen LogP contribution in [0.5, 0.6) is 0 Å². The summed E-state index contributed by atoms with van der Waals surface area (Å²) in [4.78, 5) is 14.1. The first kappa shape index (κ1) is 15.1. The molecule has 2 aromatic rings. The summed E-state index contributed by atoms with van der Waals surface area (Å²) in [6.45, 7) is 2.09. The molecule has 106 valence electrons. The van der Waals surface area contributed by atoms with E-state index >= 15 is 0 Å². The molecule has 0 bridgehead atoms. The zero-order valence-corrected chi connectivity index (χ0v) is 13.1. The Morgan fingerprint density at radius 3 is 2.85 bits per heavy atom. The first-order valence-corrected chi connectivity index (χ1v) is 8.13. The number of anilines is 1. The molecule has 2 nitrogen and oxygen atoms in total. The smallest absolute Gasteiger partial charge is 0.265 e. The number of rotatable bonds is 6. The van der Waals surface area contributed by atoms with E-state index in [1.165, 1.54) is 10.4 Å². The van der Waals surface area contributed by atoms with Gasteiger partial charge in [-0.05, 0) is 49.1 Å². The number of alkyl halides is 1. The van der Waals surface area contributed by atoms with Gasteiger partial charge in [0, 0.05) is 16.4 Å². The van der Waals surface area contributed by atoms with Gasteiger partial charge in [-0.2, -0.15) is 0 Å². The Morgan fingerprint density at radius 1 is 1.30 bits per heavy atom. The fraction of sp³-hybridized carbons (Fsp3) is 0.312. The molecule has 1 heterocycles. The first-order chi connectivity index (χ1) is 9.72. The van der Waals surface area contributed by atoms with Crippen molar-refractivity contribution in [2.75, 3.05) is 11.2 Å². The van der Waals surface area contributed by atoms with E-state index in [2.05, 4.69) is 18.3 Å². The van der Waals surface area contributed by atoms with Crippen molar-refractivity contribution in [2.45, 2.75) is 26.2 Å². The molecular formula is C16H18ClNOS. The number of benzene rings is 1. The van der Waals surface area contributed by atoms with Gasteiger partial charge in [-0.25, -0.2) is 0 Å². The molecule has 0 aliphatic heterocycles. The number of nitrogens with one attached hydrogen (secondary N) is 1. The Morgan fingerprint density at radius 2 is 2.15 bits per heavy atom. The van der Waals surface area contributed by atoms with Gasteiger partial charge in [0.25, 0.3) is 5.91 Å². The van der Waals surface area contributed by atoms with Crippen molar-refractivity contribution in [3.8, 4) is 0 Å². The molecule has 0 aliphatic rings. The summed E-state index contributed by atoms with van der Waals surface area (Å²) in [6.07, 6.45) is 2.85. The fourth-order valence-electron chi connectivity index (χ4n) is 1.96. The molecule has 0 radical (unpaired) electrons. The van der Waals surface area contributed by atoms with Crippen LogP contribution in [0.4, 0.5) is 5.69 Å². The van der Waals surface area contributed by atoms with Crippen LogP contribution < -0.4 is 5.32 Å². The van der Waals surface area contributed by atoms with E-state index in [1.54, 1.807) is 11.3 Å². The van der Waals surface area contributed by atoms with Gasteiger partial charge in [-0.1, -0.05) is 19.1 Å². The maximum absolute atomic E-state index is 12.1. The standard InChI is InChI=1S/C16H18ClNOS/c1-2-14-8-9-15(20-14)16(19)18-13-7-3-5-12(11-13)6-4-10-17/h3,5,7-9,11H,2,4,6,10H2,1H3,(H,18,19). The zero-order chi connectivity index (χ0) is 14.4. The summed E-state index contributed by atoms with van der Waals surface area (Å²) in [7, 11) is 0. The second kappa shape index (κ2) is 7.46. The van der Waals surface area contributed by atoms with Crippen LogP contribution in [-0.2, 0) is 12.8 Å². The minimum atomic E-state index is -0.0378. The van der Waals surface area contributed by atoms with Gasteiger partial charge >= 0.3 is 0 Å². The third-order valence-corrected chi connectivity index (χ3v) is 4.51. The van der Waals surface area contributed by atoms with E-state index in [9.17, 15) is 4.79 Å². The van der Waals surface area contributed by atoms with Crippen molar-refractivity contribution in [1.29, 1.82) is 0 Å². The lowest BCUT2D eigenvalue weighted by molar-refractivity contribution is 0.103. The number of thiophene rings is 1. The average Bonchev–Trinajstić information content (AvgIpc) is 2.94. The Kier molecular flexibility index (Phi) is 5.62. The molecule has 4 heteroatoms. The van der Waals surface area contributed by atoms with Crippen LogP contribution in [-0.4, -0.2) is 11.8 Å². The van der Waals surface area contributed by atoms with Crippen molar-refractivity contribution in [2.24, 2.45) is 0 Å². The van der Waals surface area contributed by atoms with Crippen LogP contribution in [0.25, 0.3) is 0 Å². The molecular weight excluding hydrogens is 290 g/mol. The van der Waals surface area contributed by atoms with E-state index in [-0.39, 0.29) is 5.91 Å². The topological polar surface area (TPSA) is 29.1 Å². The largest absolute Gasteiger partial charge is 0.321 e. The highest BCUT2D eigenvalue weighted by Crippen LogP contribution is 2.19. The van der Waals surface area contributed by atoms with Gasteiger partial charge in [0.1, 0.15) is 0 Å². The number of halogens is 1. The maximum Gasteiger partial charge on any atom is 0.265 e. The van der Waals surface area contributed by atoms with Gasteiger partial charge in [-0.15, -0.1) is 22.9 Å². The molecule has 0 spiro atoms. The Labute approximate surface area is 128 Å². The third-order valence-electron chi connectivity index (χ3n) is 3.02. The molecule has 1 aromatic heterocycles. The Hall–Kier alpha value is -1.32. The lowest BCUT2D eigenvalue weighted by atomic mass is 10.1. The van der Waals surface area contributed by atoms with E-state index < -0.39 is 0 Å². The number of carbonyl (C=O) groups is 1. The van der Waals surface area contributed by atoms with Crippen LogP contribution >= 0.6 is 22.9 Å². The molecule has 0 saturated heterocycles. The summed E-state index contributed by atoms with van der Waals surface area (Å²) in [5.74, 6) is 0.621. The van der Waals surface area contributed by atoms with Crippen molar-refractivity contribution in [3.05, 3.63) is 51.7 Å². The van der Waals surface area contributed by atoms with Gasteiger partial charge < -0.3 is 5.32 Å². The molecule has 0 saturated carbocycles. The van der Waals surface area contributed by atoms with Gasteiger partial charge in [0.05, 0.1) is 4.88 Å². The SMILES string of the molecule is CCc1ccc(C(=O)Nc2cccc(CCCCl)c2)s1. The highest BCUT2D eigenvalue weighted by Gasteiger charge is 2.09. The lowest BCUT2D eigenvalue weighted by Gasteiger charge is -2.06. The first-order valence-electron chi connectivity index (χ1n) is 6.78. The summed E-state index contributed by atoms with van der Waals surface area (Å²) in [5, 5.41) is 2.95. The predicted molar refractivity (Wildman–Crippen MR) is 87.1 cm³/mol. The number of aryl methyl sites for hydroxylation is 2. The van der Waals surface area contributed by atoms with Crippen LogP contribution in [0.3, 0.4) is 0 Å². The number of hydrogen-bond donors (Lipinski definition) is 1. The van der Waals surface area contributed by atoms with Crippen molar-refractivity contribution in [1.82, 2.24) is 0 Å². The Balaban J connectivity index is 2.03.